The summed E-state index contributed by atoms with van der Waals surface area (Å²) in [6.45, 7) is 7.86. The summed E-state index contributed by atoms with van der Waals surface area (Å²) in [6.07, 6.45) is 0.807. The lowest BCUT2D eigenvalue weighted by molar-refractivity contribution is 0.303. The Morgan fingerprint density at radius 1 is 1.25 bits per heavy atom. The predicted octanol–water partition coefficient (Wildman–Crippen LogP) is 2.08. The van der Waals surface area contributed by atoms with E-state index in [1.807, 2.05) is 24.3 Å². The minimum atomic E-state index is 0.511. The number of nitrogens with two attached hydrogens (primary N) is 1. The van der Waals surface area contributed by atoms with E-state index < -0.39 is 0 Å². The molecule has 5 heteroatoms. The third-order valence-corrected chi connectivity index (χ3v) is 3.42. The van der Waals surface area contributed by atoms with Gasteiger partial charge in [0.25, 0.3) is 5.89 Å². The number of hydrogen-bond donors (Lipinski definition) is 1. The van der Waals surface area contributed by atoms with Crippen molar-refractivity contribution >= 4 is 0 Å². The van der Waals surface area contributed by atoms with Crippen LogP contribution in [-0.4, -0.2) is 34.7 Å². The maximum Gasteiger partial charge on any atom is 0.257 e. The van der Waals surface area contributed by atoms with Crippen LogP contribution in [0, 0.1) is 0 Å². The van der Waals surface area contributed by atoms with Gasteiger partial charge in [0, 0.05) is 25.1 Å². The van der Waals surface area contributed by atoms with E-state index in [-0.39, 0.29) is 0 Å². The van der Waals surface area contributed by atoms with Crippen LogP contribution in [0.3, 0.4) is 0 Å². The molecule has 2 rings (SSSR count). The molecule has 2 aromatic rings. The van der Waals surface area contributed by atoms with E-state index in [1.165, 1.54) is 0 Å². The zero-order valence-electron chi connectivity index (χ0n) is 12.2. The molecule has 0 saturated heterocycles. The molecule has 0 fully saturated rings. The molecule has 1 heterocycles. The van der Waals surface area contributed by atoms with Gasteiger partial charge >= 0.3 is 0 Å². The second-order valence-corrected chi connectivity index (χ2v) is 4.70. The van der Waals surface area contributed by atoms with Crippen molar-refractivity contribution in [3.05, 3.63) is 35.7 Å². The van der Waals surface area contributed by atoms with Gasteiger partial charge in [-0.15, -0.1) is 0 Å². The first kappa shape index (κ1) is 14.7. The lowest BCUT2D eigenvalue weighted by Crippen LogP contribution is -2.25. The molecular weight excluding hydrogens is 252 g/mol. The molecule has 20 heavy (non-hydrogen) atoms. The summed E-state index contributed by atoms with van der Waals surface area (Å²) in [5, 5.41) is 4.04. The van der Waals surface area contributed by atoms with Crippen molar-refractivity contribution < 1.29 is 4.52 Å². The molecule has 0 radical (unpaired) electrons. The van der Waals surface area contributed by atoms with Gasteiger partial charge in [0.15, 0.2) is 5.82 Å². The Labute approximate surface area is 119 Å². The SMILES string of the molecule is CCN(CC)CCc1noc(-c2cccc(CN)c2)n1. The van der Waals surface area contributed by atoms with E-state index >= 15 is 0 Å². The van der Waals surface area contributed by atoms with E-state index in [1.54, 1.807) is 0 Å². The maximum atomic E-state index is 5.64. The molecule has 0 atom stereocenters. The monoisotopic (exact) mass is 274 g/mol. The Kier molecular flexibility index (Phi) is 5.26. The zero-order chi connectivity index (χ0) is 14.4. The minimum Gasteiger partial charge on any atom is -0.334 e. The Morgan fingerprint density at radius 3 is 2.75 bits per heavy atom. The summed E-state index contributed by atoms with van der Waals surface area (Å²) in [7, 11) is 0. The predicted molar refractivity (Wildman–Crippen MR) is 79.1 cm³/mol. The number of likely N-dealkylation sites (N-methyl/N-ethyl adjacent to an activating group) is 1. The fourth-order valence-corrected chi connectivity index (χ4v) is 2.10. The fraction of sp³-hybridized carbons (Fsp3) is 0.467. The van der Waals surface area contributed by atoms with E-state index in [0.717, 1.165) is 43.0 Å². The minimum absolute atomic E-state index is 0.511. The molecule has 0 spiro atoms. The van der Waals surface area contributed by atoms with Crippen molar-refractivity contribution in [1.29, 1.82) is 0 Å². The third-order valence-electron chi connectivity index (χ3n) is 3.42. The molecule has 108 valence electrons. The van der Waals surface area contributed by atoms with Crippen LogP contribution in [0.4, 0.5) is 0 Å². The molecule has 0 amide bonds. The first-order valence-electron chi connectivity index (χ1n) is 7.11. The molecule has 5 nitrogen and oxygen atoms in total. The maximum absolute atomic E-state index is 5.64. The molecule has 2 N–H and O–H groups in total. The standard InChI is InChI=1S/C15H22N4O/c1-3-19(4-2)9-8-14-17-15(20-18-14)13-7-5-6-12(10-13)11-16/h5-7,10H,3-4,8-9,11,16H2,1-2H3. The first-order chi connectivity index (χ1) is 9.76. The van der Waals surface area contributed by atoms with Crippen molar-refractivity contribution in [2.75, 3.05) is 19.6 Å². The van der Waals surface area contributed by atoms with Gasteiger partial charge in [-0.05, 0) is 30.8 Å². The van der Waals surface area contributed by atoms with Gasteiger partial charge in [0.1, 0.15) is 0 Å². The van der Waals surface area contributed by atoms with Crippen molar-refractivity contribution in [3.63, 3.8) is 0 Å². The summed E-state index contributed by atoms with van der Waals surface area (Å²) in [4.78, 5) is 6.79. The quantitative estimate of drug-likeness (QED) is 0.837. The number of hydrogen-bond acceptors (Lipinski definition) is 5. The van der Waals surface area contributed by atoms with Crippen molar-refractivity contribution in [2.45, 2.75) is 26.8 Å². The Balaban J connectivity index is 2.04. The second kappa shape index (κ2) is 7.17. The smallest absolute Gasteiger partial charge is 0.257 e. The summed E-state index contributed by atoms with van der Waals surface area (Å²) < 4.78 is 5.33. The number of nitrogens with zero attached hydrogens (tertiary/aromatic N) is 3. The molecule has 0 unspecified atom stereocenters. The van der Waals surface area contributed by atoms with Crippen LogP contribution in [0.1, 0.15) is 25.2 Å². The van der Waals surface area contributed by atoms with Crippen LogP contribution in [0.2, 0.25) is 0 Å². The first-order valence-corrected chi connectivity index (χ1v) is 7.11. The highest BCUT2D eigenvalue weighted by Crippen LogP contribution is 2.18. The average Bonchev–Trinajstić information content (AvgIpc) is 2.97. The van der Waals surface area contributed by atoms with E-state index in [4.69, 9.17) is 10.3 Å². The van der Waals surface area contributed by atoms with Crippen LogP contribution in [0.15, 0.2) is 28.8 Å². The molecule has 1 aromatic carbocycles. The summed E-state index contributed by atoms with van der Waals surface area (Å²) in [5.74, 6) is 1.32. The molecule has 0 saturated carbocycles. The topological polar surface area (TPSA) is 68.2 Å². The van der Waals surface area contributed by atoms with Gasteiger partial charge < -0.3 is 15.2 Å². The third kappa shape index (κ3) is 3.65. The summed E-state index contributed by atoms with van der Waals surface area (Å²) in [5.41, 5.74) is 7.63. The van der Waals surface area contributed by atoms with E-state index in [0.29, 0.717) is 12.4 Å². The molecule has 1 aromatic heterocycles. The highest BCUT2D eigenvalue weighted by molar-refractivity contribution is 5.53. The highest BCUT2D eigenvalue weighted by Gasteiger charge is 2.10. The van der Waals surface area contributed by atoms with Gasteiger partial charge in [0.05, 0.1) is 0 Å². The van der Waals surface area contributed by atoms with Crippen LogP contribution < -0.4 is 5.73 Å². The number of rotatable bonds is 7. The molecule has 0 aliphatic rings. The molecule has 0 aliphatic heterocycles. The molecular formula is C15H22N4O. The van der Waals surface area contributed by atoms with Crippen molar-refractivity contribution in [3.8, 4) is 11.5 Å². The van der Waals surface area contributed by atoms with Gasteiger partial charge in [-0.25, -0.2) is 0 Å². The lowest BCUT2D eigenvalue weighted by Gasteiger charge is -2.16. The number of benzene rings is 1. The van der Waals surface area contributed by atoms with Crippen LogP contribution in [0.25, 0.3) is 11.5 Å². The van der Waals surface area contributed by atoms with Gasteiger partial charge in [0.2, 0.25) is 0 Å². The second-order valence-electron chi connectivity index (χ2n) is 4.70. The average molecular weight is 274 g/mol. The van der Waals surface area contributed by atoms with Gasteiger partial charge in [-0.3, -0.25) is 0 Å². The summed E-state index contributed by atoms with van der Waals surface area (Å²) in [6, 6.07) is 7.89. The van der Waals surface area contributed by atoms with Crippen LogP contribution in [-0.2, 0) is 13.0 Å². The van der Waals surface area contributed by atoms with Crippen LogP contribution in [0.5, 0.6) is 0 Å². The fourth-order valence-electron chi connectivity index (χ4n) is 2.10. The number of aromatic nitrogens is 2. The van der Waals surface area contributed by atoms with Gasteiger partial charge in [-0.1, -0.05) is 31.1 Å². The van der Waals surface area contributed by atoms with Crippen molar-refractivity contribution in [2.24, 2.45) is 5.73 Å². The van der Waals surface area contributed by atoms with Gasteiger partial charge in [-0.2, -0.15) is 4.98 Å². The molecule has 0 aliphatic carbocycles. The normalized spacial score (nSPS) is 11.2. The lowest BCUT2D eigenvalue weighted by atomic mass is 10.1. The Hall–Kier alpha value is -1.72. The van der Waals surface area contributed by atoms with Crippen LogP contribution >= 0.6 is 0 Å². The van der Waals surface area contributed by atoms with E-state index in [9.17, 15) is 0 Å². The Morgan fingerprint density at radius 2 is 2.05 bits per heavy atom. The van der Waals surface area contributed by atoms with E-state index in [2.05, 4.69) is 28.9 Å². The molecule has 0 bridgehead atoms. The zero-order valence-corrected chi connectivity index (χ0v) is 12.2. The van der Waals surface area contributed by atoms with Crippen molar-refractivity contribution in [1.82, 2.24) is 15.0 Å². The highest BCUT2D eigenvalue weighted by atomic mass is 16.5. The largest absolute Gasteiger partial charge is 0.334 e. The Bertz CT molecular complexity index is 534. The summed E-state index contributed by atoms with van der Waals surface area (Å²) >= 11 is 0.